The highest BCUT2D eigenvalue weighted by Gasteiger charge is 2.27. The molecule has 1 saturated heterocycles. The van der Waals surface area contributed by atoms with Gasteiger partial charge in [0.1, 0.15) is 11.0 Å². The molecule has 2 heterocycles. The van der Waals surface area contributed by atoms with E-state index in [1.165, 1.54) is 0 Å². The number of rotatable bonds is 6. The summed E-state index contributed by atoms with van der Waals surface area (Å²) in [5.41, 5.74) is 0.570. The second-order valence-electron chi connectivity index (χ2n) is 5.04. The molecule has 116 valence electrons. The van der Waals surface area contributed by atoms with Crippen LogP contribution in [0.5, 0.6) is 0 Å². The predicted octanol–water partition coefficient (Wildman–Crippen LogP) is 2.86. The Hall–Kier alpha value is -1.47. The number of carbonyl (C=O) groups excluding carboxylic acids is 1. The van der Waals surface area contributed by atoms with Gasteiger partial charge < -0.3 is 9.84 Å². The van der Waals surface area contributed by atoms with E-state index < -0.39 is 12.1 Å². The van der Waals surface area contributed by atoms with Crippen LogP contribution < -0.4 is 5.32 Å². The minimum atomic E-state index is -0.994. The van der Waals surface area contributed by atoms with E-state index in [0.29, 0.717) is 23.9 Å². The van der Waals surface area contributed by atoms with Crippen molar-refractivity contribution in [1.29, 1.82) is 0 Å². The number of amides is 1. The molecule has 0 aromatic carbocycles. The predicted molar refractivity (Wildman–Crippen MR) is 80.0 cm³/mol. The monoisotopic (exact) mass is 312 g/mol. The zero-order chi connectivity index (χ0) is 15.4. The topological polar surface area (TPSA) is 88.5 Å². The van der Waals surface area contributed by atoms with Gasteiger partial charge in [-0.15, -0.1) is 0 Å². The number of nitrogens with zero attached hydrogens (tertiary/aromatic N) is 1. The number of aromatic carboxylic acids is 1. The maximum Gasteiger partial charge on any atom is 0.347 e. The Morgan fingerprint density at radius 3 is 2.71 bits per heavy atom. The number of nitrogens with one attached hydrogen (secondary N) is 1. The van der Waals surface area contributed by atoms with Crippen molar-refractivity contribution < 1.29 is 19.4 Å². The molecule has 2 N–H and O–H groups in total. The second kappa shape index (κ2) is 7.00. The first-order valence-electron chi connectivity index (χ1n) is 7.23. The van der Waals surface area contributed by atoms with Crippen LogP contribution in [0.1, 0.15) is 60.8 Å². The molecule has 0 spiro atoms. The van der Waals surface area contributed by atoms with Crippen LogP contribution in [0.4, 0.5) is 5.13 Å². The molecule has 1 aromatic heterocycles. The van der Waals surface area contributed by atoms with E-state index >= 15 is 0 Å². The molecule has 1 aliphatic rings. The zero-order valence-corrected chi connectivity index (χ0v) is 13.0. The maximum atomic E-state index is 12.0. The lowest BCUT2D eigenvalue weighted by atomic mass is 9.98. The fourth-order valence-corrected chi connectivity index (χ4v) is 3.35. The summed E-state index contributed by atoms with van der Waals surface area (Å²) in [6, 6.07) is 0. The molecule has 0 bridgehead atoms. The molecule has 1 amide bonds. The molecule has 7 heteroatoms. The van der Waals surface area contributed by atoms with Crippen molar-refractivity contribution >= 4 is 28.3 Å². The highest BCUT2D eigenvalue weighted by Crippen LogP contribution is 2.32. The van der Waals surface area contributed by atoms with Gasteiger partial charge in [0.2, 0.25) is 0 Å². The summed E-state index contributed by atoms with van der Waals surface area (Å²) in [7, 11) is 0. The summed E-state index contributed by atoms with van der Waals surface area (Å²) >= 11 is 1.02. The van der Waals surface area contributed by atoms with Gasteiger partial charge in [0.15, 0.2) is 5.13 Å². The van der Waals surface area contributed by atoms with Gasteiger partial charge in [-0.2, -0.15) is 0 Å². The lowest BCUT2D eigenvalue weighted by Crippen LogP contribution is -2.26. The van der Waals surface area contributed by atoms with E-state index in [4.69, 9.17) is 4.74 Å². The van der Waals surface area contributed by atoms with E-state index in [2.05, 4.69) is 10.3 Å². The first-order chi connectivity index (χ1) is 10.1. The normalized spacial score (nSPS) is 18.1. The smallest absolute Gasteiger partial charge is 0.347 e. The van der Waals surface area contributed by atoms with Crippen molar-refractivity contribution in [3.8, 4) is 0 Å². The summed E-state index contributed by atoms with van der Waals surface area (Å²) in [5, 5.41) is 12.3. The third-order valence-corrected chi connectivity index (χ3v) is 4.65. The lowest BCUT2D eigenvalue weighted by Gasteiger charge is -2.10. The fourth-order valence-electron chi connectivity index (χ4n) is 2.46. The van der Waals surface area contributed by atoms with Crippen molar-refractivity contribution in [2.45, 2.75) is 51.6 Å². The van der Waals surface area contributed by atoms with Gasteiger partial charge in [-0.05, 0) is 25.7 Å². The highest BCUT2D eigenvalue weighted by atomic mass is 32.1. The van der Waals surface area contributed by atoms with Crippen molar-refractivity contribution in [2.75, 3.05) is 11.9 Å². The molecular weight excluding hydrogens is 292 g/mol. The number of carboxylic acids is 1. The number of ether oxygens (including phenoxy) is 1. The molecule has 6 nitrogen and oxygen atoms in total. The molecule has 1 aliphatic heterocycles. The van der Waals surface area contributed by atoms with Crippen molar-refractivity contribution in [3.63, 3.8) is 0 Å². The van der Waals surface area contributed by atoms with E-state index in [0.717, 1.165) is 30.6 Å². The van der Waals surface area contributed by atoms with Crippen molar-refractivity contribution in [1.82, 2.24) is 4.98 Å². The summed E-state index contributed by atoms with van der Waals surface area (Å²) in [4.78, 5) is 27.9. The Morgan fingerprint density at radius 1 is 1.48 bits per heavy atom. The number of carbonyl (C=O) groups is 2. The summed E-state index contributed by atoms with van der Waals surface area (Å²) < 4.78 is 5.31. The van der Waals surface area contributed by atoms with E-state index in [1.807, 2.05) is 13.8 Å². The van der Waals surface area contributed by atoms with Crippen LogP contribution in [0.15, 0.2) is 0 Å². The molecule has 2 rings (SSSR count). The van der Waals surface area contributed by atoms with Crippen LogP contribution >= 0.6 is 11.3 Å². The van der Waals surface area contributed by atoms with Gasteiger partial charge >= 0.3 is 5.97 Å². The van der Waals surface area contributed by atoms with Crippen LogP contribution in [0.25, 0.3) is 0 Å². The maximum absolute atomic E-state index is 12.0. The first kappa shape index (κ1) is 15.9. The molecule has 1 atom stereocenters. The molecule has 0 aliphatic carbocycles. The average molecular weight is 312 g/mol. The van der Waals surface area contributed by atoms with Gasteiger partial charge in [-0.25, -0.2) is 9.78 Å². The highest BCUT2D eigenvalue weighted by molar-refractivity contribution is 7.17. The molecule has 1 unspecified atom stereocenters. The Morgan fingerprint density at radius 2 is 2.19 bits per heavy atom. The van der Waals surface area contributed by atoms with Gasteiger partial charge in [0.25, 0.3) is 5.91 Å². The Labute approximate surface area is 127 Å². The van der Waals surface area contributed by atoms with Crippen LogP contribution in [0.3, 0.4) is 0 Å². The number of carboxylic acid groups (broad SMARTS) is 1. The number of hydrogen-bond donors (Lipinski definition) is 2. The Balaban J connectivity index is 2.18. The van der Waals surface area contributed by atoms with Crippen molar-refractivity contribution in [2.24, 2.45) is 0 Å². The summed E-state index contributed by atoms with van der Waals surface area (Å²) in [6.07, 6.45) is 2.76. The lowest BCUT2D eigenvalue weighted by molar-refractivity contribution is -0.124. The largest absolute Gasteiger partial charge is 0.477 e. The van der Waals surface area contributed by atoms with Gasteiger partial charge in [0.05, 0.1) is 5.69 Å². The minimum absolute atomic E-state index is 0.0979. The SMILES string of the molecule is CCC(CC)c1nc(NC(=O)C2CCCO2)sc1C(=O)O. The quantitative estimate of drug-likeness (QED) is 0.843. The van der Waals surface area contributed by atoms with Gasteiger partial charge in [0, 0.05) is 12.5 Å². The van der Waals surface area contributed by atoms with Crippen molar-refractivity contribution in [3.05, 3.63) is 10.6 Å². The zero-order valence-electron chi connectivity index (χ0n) is 12.2. The summed E-state index contributed by atoms with van der Waals surface area (Å²) in [5.74, 6) is -1.14. The van der Waals surface area contributed by atoms with Crippen LogP contribution in [0, 0.1) is 0 Å². The van der Waals surface area contributed by atoms with E-state index in [1.54, 1.807) is 0 Å². The molecule has 1 fully saturated rings. The fraction of sp³-hybridized carbons (Fsp3) is 0.643. The third kappa shape index (κ3) is 3.59. The molecular formula is C14H20N2O4S. The second-order valence-corrected chi connectivity index (χ2v) is 6.04. The average Bonchev–Trinajstić information content (AvgIpc) is 3.09. The Kier molecular flexibility index (Phi) is 5.30. The number of thiazole rings is 1. The molecule has 1 aromatic rings. The summed E-state index contributed by atoms with van der Waals surface area (Å²) in [6.45, 7) is 4.60. The number of anilines is 1. The third-order valence-electron chi connectivity index (χ3n) is 3.67. The number of aromatic nitrogens is 1. The van der Waals surface area contributed by atoms with Crippen LogP contribution in [-0.2, 0) is 9.53 Å². The van der Waals surface area contributed by atoms with E-state index in [9.17, 15) is 14.7 Å². The van der Waals surface area contributed by atoms with Gasteiger partial charge in [-0.3, -0.25) is 10.1 Å². The Bertz CT molecular complexity index is 519. The molecule has 0 radical (unpaired) electrons. The van der Waals surface area contributed by atoms with Crippen LogP contribution in [-0.4, -0.2) is 34.7 Å². The first-order valence-corrected chi connectivity index (χ1v) is 8.04. The molecule has 21 heavy (non-hydrogen) atoms. The van der Waals surface area contributed by atoms with Crippen LogP contribution in [0.2, 0.25) is 0 Å². The van der Waals surface area contributed by atoms with E-state index in [-0.39, 0.29) is 16.7 Å². The van der Waals surface area contributed by atoms with Gasteiger partial charge in [-0.1, -0.05) is 25.2 Å². The minimum Gasteiger partial charge on any atom is -0.477 e. The molecule has 0 saturated carbocycles. The number of hydrogen-bond acceptors (Lipinski definition) is 5. The standard InChI is InChI=1S/C14H20N2O4S/c1-3-8(4-2)10-11(13(18)19)21-14(15-10)16-12(17)9-6-5-7-20-9/h8-9H,3-7H2,1-2H3,(H,18,19)(H,15,16,17).